The third-order valence-corrected chi connectivity index (χ3v) is 2.96. The number of fused-ring (bicyclic) bond motifs is 1. The molecular weight excluding hydrogens is 234 g/mol. The Balaban J connectivity index is 2.14. The van der Waals surface area contributed by atoms with E-state index in [4.69, 9.17) is 11.6 Å². The Morgan fingerprint density at radius 3 is 2.71 bits per heavy atom. The summed E-state index contributed by atoms with van der Waals surface area (Å²) in [7, 11) is 0. The predicted molar refractivity (Wildman–Crippen MR) is 68.9 cm³/mol. The highest BCUT2D eigenvalue weighted by atomic mass is 35.5. The van der Waals surface area contributed by atoms with E-state index in [0.717, 1.165) is 28.0 Å². The normalized spacial score (nSPS) is 10.9. The molecule has 0 bridgehead atoms. The number of H-pyrrole nitrogens is 1. The molecule has 4 heteroatoms. The lowest BCUT2D eigenvalue weighted by molar-refractivity contribution is 1.28. The lowest BCUT2D eigenvalue weighted by Crippen LogP contribution is -1.79. The topological polar surface area (TPSA) is 41.6 Å². The molecule has 0 saturated heterocycles. The number of halogens is 1. The Morgan fingerprint density at radius 2 is 1.94 bits per heavy atom. The molecule has 0 saturated carbocycles. The second-order valence-corrected chi connectivity index (χ2v) is 4.07. The number of nitrogens with zero attached hydrogens (tertiary/aromatic N) is 2. The molecule has 0 spiro atoms. The lowest BCUT2D eigenvalue weighted by Gasteiger charge is -1.93. The van der Waals surface area contributed by atoms with Crippen molar-refractivity contribution in [2.45, 2.75) is 5.88 Å². The minimum absolute atomic E-state index is 0.513. The van der Waals surface area contributed by atoms with Crippen LogP contribution in [0, 0.1) is 0 Å². The fourth-order valence-electron chi connectivity index (χ4n) is 1.79. The first kappa shape index (κ1) is 10.3. The first-order chi connectivity index (χ1) is 8.36. The van der Waals surface area contributed by atoms with Gasteiger partial charge in [-0.25, -0.2) is 4.98 Å². The van der Waals surface area contributed by atoms with Crippen molar-refractivity contribution in [2.75, 3.05) is 0 Å². The van der Waals surface area contributed by atoms with E-state index in [1.807, 2.05) is 30.3 Å². The number of alkyl halides is 1. The van der Waals surface area contributed by atoms with E-state index in [1.165, 1.54) is 0 Å². The number of pyridine rings is 1. The first-order valence-corrected chi connectivity index (χ1v) is 5.85. The van der Waals surface area contributed by atoms with Gasteiger partial charge in [-0.2, -0.15) is 0 Å². The first-order valence-electron chi connectivity index (χ1n) is 5.32. The van der Waals surface area contributed by atoms with Crippen LogP contribution in [0.3, 0.4) is 0 Å². The summed E-state index contributed by atoms with van der Waals surface area (Å²) >= 11 is 5.81. The van der Waals surface area contributed by atoms with Gasteiger partial charge in [-0.1, -0.05) is 6.07 Å². The summed E-state index contributed by atoms with van der Waals surface area (Å²) < 4.78 is 0. The highest BCUT2D eigenvalue weighted by Gasteiger charge is 2.05. The average Bonchev–Trinajstić information content (AvgIpc) is 2.82. The van der Waals surface area contributed by atoms with Crippen LogP contribution in [0.2, 0.25) is 0 Å². The highest BCUT2D eigenvalue weighted by molar-refractivity contribution is 6.17. The van der Waals surface area contributed by atoms with Crippen LogP contribution < -0.4 is 0 Å². The Labute approximate surface area is 103 Å². The number of imidazole rings is 1. The summed E-state index contributed by atoms with van der Waals surface area (Å²) in [6, 6.07) is 9.86. The maximum Gasteiger partial charge on any atom is 0.138 e. The van der Waals surface area contributed by atoms with Gasteiger partial charge >= 0.3 is 0 Å². The second kappa shape index (κ2) is 4.18. The van der Waals surface area contributed by atoms with Crippen LogP contribution in [0.1, 0.15) is 5.56 Å². The number of hydrogen-bond acceptors (Lipinski definition) is 2. The SMILES string of the molecule is ClCc1ccc2nc(-c3ccncc3)[nH]c2c1. The van der Waals surface area contributed by atoms with Gasteiger partial charge in [0.2, 0.25) is 0 Å². The zero-order chi connectivity index (χ0) is 11.7. The summed E-state index contributed by atoms with van der Waals surface area (Å²) in [5, 5.41) is 0. The van der Waals surface area contributed by atoms with Gasteiger partial charge in [-0.3, -0.25) is 4.98 Å². The summed E-state index contributed by atoms with van der Waals surface area (Å²) in [6.45, 7) is 0. The van der Waals surface area contributed by atoms with Crippen LogP contribution in [-0.4, -0.2) is 15.0 Å². The molecular formula is C13H10ClN3. The van der Waals surface area contributed by atoms with E-state index >= 15 is 0 Å². The Hall–Kier alpha value is -1.87. The fraction of sp³-hybridized carbons (Fsp3) is 0.0769. The number of hydrogen-bond donors (Lipinski definition) is 1. The van der Waals surface area contributed by atoms with Crippen molar-refractivity contribution in [1.29, 1.82) is 0 Å². The molecule has 1 aromatic carbocycles. The summed E-state index contributed by atoms with van der Waals surface area (Å²) in [4.78, 5) is 11.8. The minimum Gasteiger partial charge on any atom is -0.338 e. The molecule has 17 heavy (non-hydrogen) atoms. The molecule has 84 valence electrons. The van der Waals surface area contributed by atoms with Gasteiger partial charge in [0.05, 0.1) is 11.0 Å². The highest BCUT2D eigenvalue weighted by Crippen LogP contribution is 2.21. The Kier molecular flexibility index (Phi) is 2.53. The van der Waals surface area contributed by atoms with Gasteiger partial charge in [-0.05, 0) is 29.8 Å². The van der Waals surface area contributed by atoms with Crippen LogP contribution in [0.15, 0.2) is 42.7 Å². The van der Waals surface area contributed by atoms with E-state index in [2.05, 4.69) is 15.0 Å². The van der Waals surface area contributed by atoms with Gasteiger partial charge in [0.25, 0.3) is 0 Å². The fourth-order valence-corrected chi connectivity index (χ4v) is 1.95. The quantitative estimate of drug-likeness (QED) is 0.701. The monoisotopic (exact) mass is 243 g/mol. The molecule has 3 aromatic rings. The molecule has 0 unspecified atom stereocenters. The zero-order valence-corrected chi connectivity index (χ0v) is 9.78. The molecule has 0 amide bonds. The van der Waals surface area contributed by atoms with E-state index in [0.29, 0.717) is 5.88 Å². The number of rotatable bonds is 2. The summed E-state index contributed by atoms with van der Waals surface area (Å²) in [6.07, 6.45) is 3.51. The third kappa shape index (κ3) is 1.89. The van der Waals surface area contributed by atoms with Crippen molar-refractivity contribution in [3.63, 3.8) is 0 Å². The molecule has 1 N–H and O–H groups in total. The third-order valence-electron chi connectivity index (χ3n) is 2.65. The maximum absolute atomic E-state index is 5.81. The van der Waals surface area contributed by atoms with Crippen molar-refractivity contribution in [2.24, 2.45) is 0 Å². The van der Waals surface area contributed by atoms with Gasteiger partial charge in [0.15, 0.2) is 0 Å². The molecule has 0 aliphatic rings. The molecule has 0 aliphatic carbocycles. The van der Waals surface area contributed by atoms with Gasteiger partial charge < -0.3 is 4.98 Å². The number of aromatic nitrogens is 3. The van der Waals surface area contributed by atoms with Crippen LogP contribution in [0.25, 0.3) is 22.4 Å². The second-order valence-electron chi connectivity index (χ2n) is 3.81. The maximum atomic E-state index is 5.81. The molecule has 3 nitrogen and oxygen atoms in total. The zero-order valence-electron chi connectivity index (χ0n) is 9.02. The van der Waals surface area contributed by atoms with Crippen LogP contribution in [0.5, 0.6) is 0 Å². The van der Waals surface area contributed by atoms with Crippen LogP contribution >= 0.6 is 11.6 Å². The van der Waals surface area contributed by atoms with Crippen molar-refractivity contribution in [1.82, 2.24) is 15.0 Å². The van der Waals surface area contributed by atoms with Crippen molar-refractivity contribution < 1.29 is 0 Å². The number of benzene rings is 1. The Morgan fingerprint density at radius 1 is 1.12 bits per heavy atom. The van der Waals surface area contributed by atoms with Gasteiger partial charge in [-0.15, -0.1) is 11.6 Å². The van der Waals surface area contributed by atoms with Crippen molar-refractivity contribution in [3.05, 3.63) is 48.3 Å². The molecule has 3 rings (SSSR count). The largest absolute Gasteiger partial charge is 0.338 e. The minimum atomic E-state index is 0.513. The summed E-state index contributed by atoms with van der Waals surface area (Å²) in [5.41, 5.74) is 4.08. The predicted octanol–water partition coefficient (Wildman–Crippen LogP) is 3.36. The Bertz CT molecular complexity index is 646. The van der Waals surface area contributed by atoms with Crippen LogP contribution in [0.4, 0.5) is 0 Å². The van der Waals surface area contributed by atoms with E-state index < -0.39 is 0 Å². The molecule has 0 aliphatic heterocycles. The summed E-state index contributed by atoms with van der Waals surface area (Å²) in [5.74, 6) is 1.37. The molecule has 0 fully saturated rings. The van der Waals surface area contributed by atoms with E-state index in [1.54, 1.807) is 12.4 Å². The molecule has 2 aromatic heterocycles. The molecule has 0 atom stereocenters. The van der Waals surface area contributed by atoms with Crippen LogP contribution in [-0.2, 0) is 5.88 Å². The standard InChI is InChI=1S/C13H10ClN3/c14-8-9-1-2-11-12(7-9)17-13(16-11)10-3-5-15-6-4-10/h1-7H,8H2,(H,16,17). The van der Waals surface area contributed by atoms with Gasteiger partial charge in [0, 0.05) is 23.8 Å². The van der Waals surface area contributed by atoms with E-state index in [-0.39, 0.29) is 0 Å². The van der Waals surface area contributed by atoms with Gasteiger partial charge in [0.1, 0.15) is 5.82 Å². The molecule has 0 radical (unpaired) electrons. The molecule has 2 heterocycles. The lowest BCUT2D eigenvalue weighted by atomic mass is 10.2. The number of nitrogens with one attached hydrogen (secondary N) is 1. The average molecular weight is 244 g/mol. The van der Waals surface area contributed by atoms with Crippen molar-refractivity contribution in [3.8, 4) is 11.4 Å². The smallest absolute Gasteiger partial charge is 0.138 e. The number of aromatic amines is 1. The van der Waals surface area contributed by atoms with E-state index in [9.17, 15) is 0 Å². The van der Waals surface area contributed by atoms with Crippen molar-refractivity contribution >= 4 is 22.6 Å².